The molecule has 1 nitrogen and oxygen atoms in total. The Hall–Kier alpha value is -1.86. The summed E-state index contributed by atoms with van der Waals surface area (Å²) in [5.74, 6) is 5.20. The molecule has 0 aliphatic rings. The summed E-state index contributed by atoms with van der Waals surface area (Å²) in [4.78, 5) is 1.99. The predicted octanol–water partition coefficient (Wildman–Crippen LogP) is 1.87. The average Bonchev–Trinajstić information content (AvgIpc) is 2.18. The van der Waals surface area contributed by atoms with Crippen molar-refractivity contribution in [3.8, 4) is 24.7 Å². The molecule has 0 atom stereocenters. The number of benzene rings is 1. The van der Waals surface area contributed by atoms with E-state index in [2.05, 4.69) is 17.9 Å². The van der Waals surface area contributed by atoms with Crippen molar-refractivity contribution in [2.75, 3.05) is 18.0 Å². The van der Waals surface area contributed by atoms with Gasteiger partial charge in [-0.05, 0) is 30.7 Å². The second kappa shape index (κ2) is 5.00. The van der Waals surface area contributed by atoms with Crippen molar-refractivity contribution < 1.29 is 0 Å². The van der Waals surface area contributed by atoms with Crippen LogP contribution in [0, 0.1) is 37.7 Å². The summed E-state index contributed by atoms with van der Waals surface area (Å²) in [5, 5.41) is 0. The number of aryl methyl sites for hydroxylation is 1. The second-order valence-corrected chi connectivity index (χ2v) is 2.98. The molecule has 1 radical (unpaired) electrons. The predicted molar refractivity (Wildman–Crippen MR) is 59.9 cm³/mol. The van der Waals surface area contributed by atoms with Crippen molar-refractivity contribution in [2.24, 2.45) is 0 Å². The van der Waals surface area contributed by atoms with Crippen LogP contribution < -0.4 is 4.90 Å². The highest BCUT2D eigenvalue weighted by Gasteiger charge is 2.05. The molecule has 0 N–H and O–H groups in total. The SMILES string of the molecule is C#CCN(CC#C)c1cc[c]cc1C. The molecule has 1 heteroatoms. The maximum absolute atomic E-state index is 5.28. The van der Waals surface area contributed by atoms with Crippen LogP contribution in [0.4, 0.5) is 5.69 Å². The van der Waals surface area contributed by atoms with Gasteiger partial charge >= 0.3 is 0 Å². The fourth-order valence-electron chi connectivity index (χ4n) is 1.31. The van der Waals surface area contributed by atoms with E-state index in [0.717, 1.165) is 11.3 Å². The number of nitrogens with zero attached hydrogens (tertiary/aromatic N) is 1. The van der Waals surface area contributed by atoms with E-state index in [4.69, 9.17) is 12.8 Å². The van der Waals surface area contributed by atoms with Gasteiger partial charge in [0.25, 0.3) is 0 Å². The maximum atomic E-state index is 5.28. The third-order valence-electron chi connectivity index (χ3n) is 1.95. The Morgan fingerprint density at radius 2 is 2.00 bits per heavy atom. The zero-order valence-corrected chi connectivity index (χ0v) is 8.25. The van der Waals surface area contributed by atoms with Crippen molar-refractivity contribution in [1.29, 1.82) is 0 Å². The number of rotatable bonds is 3. The number of anilines is 1. The first-order valence-electron chi connectivity index (χ1n) is 4.38. The van der Waals surface area contributed by atoms with Gasteiger partial charge in [0.05, 0.1) is 13.1 Å². The lowest BCUT2D eigenvalue weighted by Gasteiger charge is -2.21. The van der Waals surface area contributed by atoms with Crippen LogP contribution in [0.2, 0.25) is 0 Å². The van der Waals surface area contributed by atoms with Gasteiger partial charge in [0.15, 0.2) is 0 Å². The van der Waals surface area contributed by atoms with Crippen molar-refractivity contribution >= 4 is 5.69 Å². The zero-order chi connectivity index (χ0) is 10.4. The summed E-state index contributed by atoms with van der Waals surface area (Å²) < 4.78 is 0. The van der Waals surface area contributed by atoms with E-state index in [-0.39, 0.29) is 0 Å². The zero-order valence-electron chi connectivity index (χ0n) is 8.25. The van der Waals surface area contributed by atoms with Crippen LogP contribution in [0.3, 0.4) is 0 Å². The minimum atomic E-state index is 0.537. The smallest absolute Gasteiger partial charge is 0.0801 e. The molecule has 1 rings (SSSR count). The van der Waals surface area contributed by atoms with E-state index in [1.807, 2.05) is 30.0 Å². The fraction of sp³-hybridized carbons (Fsp3) is 0.231. The molecule has 0 saturated heterocycles. The van der Waals surface area contributed by atoms with Crippen LogP contribution in [-0.4, -0.2) is 13.1 Å². The van der Waals surface area contributed by atoms with Gasteiger partial charge < -0.3 is 4.90 Å². The highest BCUT2D eigenvalue weighted by atomic mass is 15.1. The monoisotopic (exact) mass is 182 g/mol. The van der Waals surface area contributed by atoms with Crippen LogP contribution in [0.1, 0.15) is 5.56 Å². The molecule has 0 unspecified atom stereocenters. The van der Waals surface area contributed by atoms with Crippen LogP contribution in [-0.2, 0) is 0 Å². The molecule has 0 aliphatic heterocycles. The Balaban J connectivity index is 2.95. The van der Waals surface area contributed by atoms with Gasteiger partial charge in [-0.25, -0.2) is 0 Å². The van der Waals surface area contributed by atoms with Crippen molar-refractivity contribution in [3.63, 3.8) is 0 Å². The summed E-state index contributed by atoms with van der Waals surface area (Å²) in [6, 6.07) is 8.78. The molecule has 0 aromatic heterocycles. The topological polar surface area (TPSA) is 3.24 Å². The van der Waals surface area contributed by atoms with Gasteiger partial charge in [-0.2, -0.15) is 0 Å². The minimum Gasteiger partial charge on any atom is -0.349 e. The first kappa shape index (κ1) is 10.2. The van der Waals surface area contributed by atoms with Gasteiger partial charge in [0, 0.05) is 5.69 Å². The van der Waals surface area contributed by atoms with Gasteiger partial charge in [-0.3, -0.25) is 0 Å². The van der Waals surface area contributed by atoms with E-state index in [1.54, 1.807) is 0 Å². The van der Waals surface area contributed by atoms with Crippen LogP contribution in [0.5, 0.6) is 0 Å². The Bertz CT molecular complexity index is 363. The van der Waals surface area contributed by atoms with Gasteiger partial charge in [-0.15, -0.1) is 12.8 Å². The minimum absolute atomic E-state index is 0.537. The van der Waals surface area contributed by atoms with E-state index >= 15 is 0 Å². The molecule has 0 heterocycles. The molecule has 0 spiro atoms. The second-order valence-electron chi connectivity index (χ2n) is 2.98. The summed E-state index contributed by atoms with van der Waals surface area (Å²) in [7, 11) is 0. The third-order valence-corrected chi connectivity index (χ3v) is 1.95. The summed E-state index contributed by atoms with van der Waals surface area (Å²) in [6.45, 7) is 3.09. The molecule has 0 amide bonds. The van der Waals surface area contributed by atoms with Crippen LogP contribution in [0.25, 0.3) is 0 Å². The largest absolute Gasteiger partial charge is 0.349 e. The van der Waals surface area contributed by atoms with E-state index < -0.39 is 0 Å². The maximum Gasteiger partial charge on any atom is 0.0801 e. The highest BCUT2D eigenvalue weighted by molar-refractivity contribution is 5.54. The summed E-state index contributed by atoms with van der Waals surface area (Å²) in [6.07, 6.45) is 10.6. The third kappa shape index (κ3) is 2.31. The Morgan fingerprint density at radius 3 is 2.50 bits per heavy atom. The molecule has 0 aliphatic carbocycles. The lowest BCUT2D eigenvalue weighted by molar-refractivity contribution is 0.978. The van der Waals surface area contributed by atoms with Crippen molar-refractivity contribution in [2.45, 2.75) is 6.92 Å². The molecule has 14 heavy (non-hydrogen) atoms. The molecule has 1 aromatic carbocycles. The molecule has 0 fully saturated rings. The Kier molecular flexibility index (Phi) is 3.65. The molecular formula is C13H12N. The van der Waals surface area contributed by atoms with E-state index in [0.29, 0.717) is 13.1 Å². The van der Waals surface area contributed by atoms with Gasteiger partial charge in [-0.1, -0.05) is 17.9 Å². The number of hydrogen-bond acceptors (Lipinski definition) is 1. The molecule has 0 bridgehead atoms. The summed E-state index contributed by atoms with van der Waals surface area (Å²) in [5.41, 5.74) is 2.22. The van der Waals surface area contributed by atoms with Crippen LogP contribution >= 0.6 is 0 Å². The highest BCUT2D eigenvalue weighted by Crippen LogP contribution is 2.17. The molecule has 0 saturated carbocycles. The lowest BCUT2D eigenvalue weighted by Crippen LogP contribution is -2.24. The van der Waals surface area contributed by atoms with E-state index in [1.165, 1.54) is 0 Å². The van der Waals surface area contributed by atoms with Crippen molar-refractivity contribution in [1.82, 2.24) is 0 Å². The molecule has 1 aromatic rings. The normalized spacial score (nSPS) is 8.79. The standard InChI is InChI=1S/C13H12N/c1-4-10-14(11-5-2)13-9-7-6-8-12(13)3/h1-2,7-9H,10-11H2,3H3. The summed E-state index contributed by atoms with van der Waals surface area (Å²) >= 11 is 0. The van der Waals surface area contributed by atoms with Crippen LogP contribution in [0.15, 0.2) is 18.2 Å². The quantitative estimate of drug-likeness (QED) is 0.645. The van der Waals surface area contributed by atoms with E-state index in [9.17, 15) is 0 Å². The Labute approximate surface area is 85.7 Å². The number of terminal acetylenes is 2. The van der Waals surface area contributed by atoms with Gasteiger partial charge in [0.2, 0.25) is 0 Å². The first-order valence-corrected chi connectivity index (χ1v) is 4.38. The lowest BCUT2D eigenvalue weighted by atomic mass is 10.2. The van der Waals surface area contributed by atoms with Crippen molar-refractivity contribution in [3.05, 3.63) is 29.8 Å². The Morgan fingerprint density at radius 1 is 1.36 bits per heavy atom. The number of hydrogen-bond donors (Lipinski definition) is 0. The fourth-order valence-corrected chi connectivity index (χ4v) is 1.31. The average molecular weight is 182 g/mol. The molecular weight excluding hydrogens is 170 g/mol. The molecule has 69 valence electrons. The first-order chi connectivity index (χ1) is 6.79. The van der Waals surface area contributed by atoms with Gasteiger partial charge in [0.1, 0.15) is 0 Å².